The van der Waals surface area contributed by atoms with E-state index in [0.717, 1.165) is 52.0 Å². The molecule has 3 rings (SSSR count). The molecular weight excluding hydrogens is 236 g/mol. The molecule has 2 heterocycles. The van der Waals surface area contributed by atoms with Crippen LogP contribution in [0.25, 0.3) is 0 Å². The summed E-state index contributed by atoms with van der Waals surface area (Å²) >= 11 is 0. The van der Waals surface area contributed by atoms with E-state index in [9.17, 15) is 5.11 Å². The van der Waals surface area contributed by atoms with Crippen LogP contribution >= 0.6 is 0 Å². The van der Waals surface area contributed by atoms with Gasteiger partial charge >= 0.3 is 0 Å². The lowest BCUT2D eigenvalue weighted by Gasteiger charge is -2.32. The third-order valence-electron chi connectivity index (χ3n) is 4.73. The lowest BCUT2D eigenvalue weighted by atomic mass is 9.80. The first-order chi connectivity index (χ1) is 9.28. The molecule has 0 saturated carbocycles. The highest BCUT2D eigenvalue weighted by atomic mass is 16.3. The van der Waals surface area contributed by atoms with Crippen molar-refractivity contribution in [2.75, 3.05) is 26.2 Å². The molecule has 2 aliphatic rings. The second-order valence-corrected chi connectivity index (χ2v) is 6.14. The molecule has 1 spiro atoms. The van der Waals surface area contributed by atoms with Gasteiger partial charge in [0, 0.05) is 25.0 Å². The number of nitrogens with one attached hydrogen (secondary N) is 1. The van der Waals surface area contributed by atoms with E-state index in [1.165, 1.54) is 5.56 Å². The average Bonchev–Trinajstić information content (AvgIpc) is 2.75. The van der Waals surface area contributed by atoms with Crippen molar-refractivity contribution in [2.45, 2.75) is 31.9 Å². The van der Waals surface area contributed by atoms with Crippen molar-refractivity contribution >= 4 is 0 Å². The first-order valence-corrected chi connectivity index (χ1v) is 7.44. The fourth-order valence-electron chi connectivity index (χ4n) is 3.56. The number of likely N-dealkylation sites (tertiary alicyclic amines) is 1. The molecule has 19 heavy (non-hydrogen) atoms. The molecule has 3 nitrogen and oxygen atoms in total. The van der Waals surface area contributed by atoms with Crippen molar-refractivity contribution in [1.29, 1.82) is 0 Å². The first-order valence-electron chi connectivity index (χ1n) is 7.44. The van der Waals surface area contributed by atoms with E-state index < -0.39 is 0 Å². The summed E-state index contributed by atoms with van der Waals surface area (Å²) in [6, 6.07) is 10.6. The maximum Gasteiger partial charge on any atom is 0.0621 e. The monoisotopic (exact) mass is 260 g/mol. The molecule has 2 fully saturated rings. The van der Waals surface area contributed by atoms with Gasteiger partial charge in [-0.15, -0.1) is 0 Å². The molecule has 1 aromatic carbocycles. The third-order valence-corrected chi connectivity index (χ3v) is 4.73. The summed E-state index contributed by atoms with van der Waals surface area (Å²) in [6.07, 6.45) is 3.03. The normalized spacial score (nSPS) is 32.6. The van der Waals surface area contributed by atoms with Gasteiger partial charge < -0.3 is 10.4 Å². The Bertz CT molecular complexity index is 408. The average molecular weight is 260 g/mol. The third kappa shape index (κ3) is 2.83. The summed E-state index contributed by atoms with van der Waals surface area (Å²) in [4.78, 5) is 2.49. The quantitative estimate of drug-likeness (QED) is 0.848. The molecule has 0 bridgehead atoms. The fraction of sp³-hybridized carbons (Fsp3) is 0.625. The predicted molar refractivity (Wildman–Crippen MR) is 76.9 cm³/mol. The Kier molecular flexibility index (Phi) is 3.87. The van der Waals surface area contributed by atoms with Crippen LogP contribution in [0, 0.1) is 5.41 Å². The Morgan fingerprint density at radius 3 is 3.00 bits per heavy atom. The standard InChI is InChI=1S/C16H24N2O/c19-15-7-4-9-17-12-16(15)8-10-18(13-16)11-14-5-2-1-3-6-14/h1-3,5-6,15,17,19H,4,7-13H2. The molecule has 2 atom stereocenters. The second-order valence-electron chi connectivity index (χ2n) is 6.14. The summed E-state index contributed by atoms with van der Waals surface area (Å²) < 4.78 is 0. The number of aliphatic hydroxyl groups excluding tert-OH is 1. The highest BCUT2D eigenvalue weighted by Gasteiger charge is 2.44. The Morgan fingerprint density at radius 1 is 1.32 bits per heavy atom. The summed E-state index contributed by atoms with van der Waals surface area (Å²) in [5.74, 6) is 0. The van der Waals surface area contributed by atoms with Crippen molar-refractivity contribution in [1.82, 2.24) is 10.2 Å². The summed E-state index contributed by atoms with van der Waals surface area (Å²) in [5.41, 5.74) is 1.46. The molecular formula is C16H24N2O. The number of benzene rings is 1. The number of hydrogen-bond acceptors (Lipinski definition) is 3. The molecule has 3 heteroatoms. The van der Waals surface area contributed by atoms with Crippen molar-refractivity contribution < 1.29 is 5.11 Å². The number of nitrogens with zero attached hydrogens (tertiary/aromatic N) is 1. The van der Waals surface area contributed by atoms with Crippen LogP contribution in [0.1, 0.15) is 24.8 Å². The van der Waals surface area contributed by atoms with Gasteiger partial charge in [0.05, 0.1) is 6.10 Å². The molecule has 0 radical (unpaired) electrons. The maximum absolute atomic E-state index is 10.5. The van der Waals surface area contributed by atoms with Crippen LogP contribution in [0.2, 0.25) is 0 Å². The van der Waals surface area contributed by atoms with Crippen molar-refractivity contribution in [3.8, 4) is 0 Å². The van der Waals surface area contributed by atoms with Crippen LogP contribution in [0.15, 0.2) is 30.3 Å². The van der Waals surface area contributed by atoms with E-state index in [-0.39, 0.29) is 11.5 Å². The van der Waals surface area contributed by atoms with Crippen molar-refractivity contribution in [3.63, 3.8) is 0 Å². The summed E-state index contributed by atoms with van der Waals surface area (Å²) in [5, 5.41) is 14.0. The Morgan fingerprint density at radius 2 is 2.16 bits per heavy atom. The van der Waals surface area contributed by atoms with Gasteiger partial charge in [0.1, 0.15) is 0 Å². The maximum atomic E-state index is 10.5. The molecule has 0 aromatic heterocycles. The van der Waals surface area contributed by atoms with Crippen LogP contribution in [0.4, 0.5) is 0 Å². The second kappa shape index (κ2) is 5.61. The molecule has 2 saturated heterocycles. The van der Waals surface area contributed by atoms with Gasteiger partial charge in [-0.2, -0.15) is 0 Å². The Balaban J connectivity index is 1.65. The van der Waals surface area contributed by atoms with Crippen LogP contribution < -0.4 is 5.32 Å². The van der Waals surface area contributed by atoms with Gasteiger partial charge in [0.2, 0.25) is 0 Å². The van der Waals surface area contributed by atoms with E-state index in [0.29, 0.717) is 0 Å². The van der Waals surface area contributed by atoms with Crippen LogP contribution in [0.3, 0.4) is 0 Å². The highest BCUT2D eigenvalue weighted by molar-refractivity contribution is 5.15. The zero-order chi connectivity index (χ0) is 13.1. The zero-order valence-corrected chi connectivity index (χ0v) is 11.5. The zero-order valence-electron chi connectivity index (χ0n) is 11.5. The molecule has 1 aromatic rings. The van der Waals surface area contributed by atoms with E-state index in [1.807, 2.05) is 0 Å². The topological polar surface area (TPSA) is 35.5 Å². The van der Waals surface area contributed by atoms with E-state index in [1.54, 1.807) is 0 Å². The predicted octanol–water partition coefficient (Wildman–Crippen LogP) is 1.62. The number of rotatable bonds is 2. The van der Waals surface area contributed by atoms with Gasteiger partial charge in [0.15, 0.2) is 0 Å². The number of aliphatic hydroxyl groups is 1. The lowest BCUT2D eigenvalue weighted by molar-refractivity contribution is 0.0320. The summed E-state index contributed by atoms with van der Waals surface area (Å²) in [7, 11) is 0. The molecule has 2 N–H and O–H groups in total. The van der Waals surface area contributed by atoms with Crippen LogP contribution in [-0.4, -0.2) is 42.3 Å². The highest BCUT2D eigenvalue weighted by Crippen LogP contribution is 2.37. The van der Waals surface area contributed by atoms with E-state index in [2.05, 4.69) is 40.5 Å². The SMILES string of the molecule is OC1CCCNCC12CCN(Cc1ccccc1)C2. The van der Waals surface area contributed by atoms with Gasteiger partial charge in [0.25, 0.3) is 0 Å². The minimum atomic E-state index is -0.136. The van der Waals surface area contributed by atoms with Gasteiger partial charge in [-0.05, 0) is 37.9 Å². The smallest absolute Gasteiger partial charge is 0.0621 e. The molecule has 0 aliphatic carbocycles. The van der Waals surface area contributed by atoms with Crippen molar-refractivity contribution in [2.24, 2.45) is 5.41 Å². The van der Waals surface area contributed by atoms with Crippen LogP contribution in [-0.2, 0) is 6.54 Å². The van der Waals surface area contributed by atoms with Crippen LogP contribution in [0.5, 0.6) is 0 Å². The van der Waals surface area contributed by atoms with Gasteiger partial charge in [-0.25, -0.2) is 0 Å². The van der Waals surface area contributed by atoms with Crippen molar-refractivity contribution in [3.05, 3.63) is 35.9 Å². The van der Waals surface area contributed by atoms with E-state index >= 15 is 0 Å². The molecule has 0 amide bonds. The molecule has 2 unspecified atom stereocenters. The largest absolute Gasteiger partial charge is 0.392 e. The Hall–Kier alpha value is -0.900. The Labute approximate surface area is 115 Å². The minimum Gasteiger partial charge on any atom is -0.392 e. The molecule has 104 valence electrons. The lowest BCUT2D eigenvalue weighted by Crippen LogP contribution is -2.43. The van der Waals surface area contributed by atoms with E-state index in [4.69, 9.17) is 0 Å². The fourth-order valence-corrected chi connectivity index (χ4v) is 3.56. The minimum absolute atomic E-state index is 0.0886. The summed E-state index contributed by atoms with van der Waals surface area (Å²) in [6.45, 7) is 5.16. The first kappa shape index (κ1) is 13.1. The molecule has 2 aliphatic heterocycles. The van der Waals surface area contributed by atoms with Gasteiger partial charge in [-0.1, -0.05) is 30.3 Å². The number of hydrogen-bond donors (Lipinski definition) is 2. The van der Waals surface area contributed by atoms with Gasteiger partial charge in [-0.3, -0.25) is 4.90 Å².